The number of amides is 1. The maximum atomic E-state index is 13.2. The van der Waals surface area contributed by atoms with Gasteiger partial charge < -0.3 is 5.32 Å². The first-order valence-corrected chi connectivity index (χ1v) is 7.41. The highest BCUT2D eigenvalue weighted by molar-refractivity contribution is 9.10. The summed E-state index contributed by atoms with van der Waals surface area (Å²) in [5.74, 6) is -1.75. The minimum absolute atomic E-state index is 0.146. The van der Waals surface area contributed by atoms with Crippen molar-refractivity contribution in [1.29, 1.82) is 5.26 Å². The van der Waals surface area contributed by atoms with E-state index in [1.807, 2.05) is 0 Å². The van der Waals surface area contributed by atoms with E-state index >= 15 is 0 Å². The fourth-order valence-electron chi connectivity index (χ4n) is 1.69. The van der Waals surface area contributed by atoms with Crippen LogP contribution in [0.15, 0.2) is 46.4 Å². The second-order valence-corrected chi connectivity index (χ2v) is 5.69. The number of benzene rings is 2. The largest absolute Gasteiger partial charge is 0.321 e. The number of carbonyl (C=O) groups is 1. The number of nitrogens with one attached hydrogen (secondary N) is 1. The average molecular weight is 398 g/mol. The molecule has 3 nitrogen and oxygen atoms in total. The van der Waals surface area contributed by atoms with E-state index in [4.69, 9.17) is 16.9 Å². The van der Waals surface area contributed by atoms with Crippen molar-refractivity contribution < 1.29 is 13.6 Å². The molecule has 0 fully saturated rings. The van der Waals surface area contributed by atoms with Gasteiger partial charge in [0.05, 0.1) is 9.50 Å². The molecule has 0 aliphatic carbocycles. The molecular weight excluding hydrogens is 390 g/mol. The molecule has 2 aromatic carbocycles. The Kier molecular flexibility index (Phi) is 5.48. The fraction of sp³-hybridized carbons (Fsp3) is 0. The van der Waals surface area contributed by atoms with Crippen molar-refractivity contribution in [1.82, 2.24) is 0 Å². The van der Waals surface area contributed by atoms with Gasteiger partial charge in [-0.25, -0.2) is 8.78 Å². The summed E-state index contributed by atoms with van der Waals surface area (Å²) in [5, 5.41) is 11.4. The Morgan fingerprint density at radius 2 is 1.91 bits per heavy atom. The number of rotatable bonds is 3. The molecule has 23 heavy (non-hydrogen) atoms. The molecule has 0 radical (unpaired) electrons. The average Bonchev–Trinajstić information content (AvgIpc) is 2.52. The van der Waals surface area contributed by atoms with Gasteiger partial charge in [0.15, 0.2) is 0 Å². The maximum Gasteiger partial charge on any atom is 0.266 e. The van der Waals surface area contributed by atoms with E-state index in [0.29, 0.717) is 5.56 Å². The summed E-state index contributed by atoms with van der Waals surface area (Å²) in [4.78, 5) is 12.1. The van der Waals surface area contributed by atoms with Crippen LogP contribution in [0.5, 0.6) is 0 Å². The lowest BCUT2D eigenvalue weighted by molar-refractivity contribution is -0.112. The van der Waals surface area contributed by atoms with E-state index in [1.54, 1.807) is 6.07 Å². The van der Waals surface area contributed by atoms with E-state index in [2.05, 4.69) is 21.2 Å². The highest BCUT2D eigenvalue weighted by Gasteiger charge is 2.11. The molecular formula is C16H8BrClF2N2O. The second-order valence-electron chi connectivity index (χ2n) is 4.43. The van der Waals surface area contributed by atoms with Gasteiger partial charge in [-0.05, 0) is 57.9 Å². The van der Waals surface area contributed by atoms with E-state index in [0.717, 1.165) is 6.07 Å². The summed E-state index contributed by atoms with van der Waals surface area (Å²) in [5.41, 5.74) is 0.536. The summed E-state index contributed by atoms with van der Waals surface area (Å²) < 4.78 is 26.5. The minimum Gasteiger partial charge on any atom is -0.321 e. The third kappa shape index (κ3) is 4.38. The molecule has 0 saturated heterocycles. The Balaban J connectivity index is 2.24. The van der Waals surface area contributed by atoms with Gasteiger partial charge in [-0.3, -0.25) is 4.79 Å². The third-order valence-electron chi connectivity index (χ3n) is 2.80. The normalized spacial score (nSPS) is 11.0. The van der Waals surface area contributed by atoms with Crippen LogP contribution in [-0.2, 0) is 4.79 Å². The molecule has 0 atom stereocenters. The lowest BCUT2D eigenvalue weighted by Gasteiger charge is -2.05. The molecule has 0 bridgehead atoms. The number of anilines is 1. The van der Waals surface area contributed by atoms with Gasteiger partial charge in [0, 0.05) is 5.69 Å². The van der Waals surface area contributed by atoms with Gasteiger partial charge in [0.25, 0.3) is 5.91 Å². The predicted molar refractivity (Wildman–Crippen MR) is 87.7 cm³/mol. The molecule has 0 spiro atoms. The van der Waals surface area contributed by atoms with Crippen molar-refractivity contribution >= 4 is 45.2 Å². The quantitative estimate of drug-likeness (QED) is 0.590. The summed E-state index contributed by atoms with van der Waals surface area (Å²) in [6.07, 6.45) is 1.31. The SMILES string of the molecule is N#C/C(=C\c1ccc(F)c(Br)c1)C(=O)Nc1ccc(F)c(Cl)c1. The van der Waals surface area contributed by atoms with Gasteiger partial charge in [-0.2, -0.15) is 5.26 Å². The number of hydrogen-bond acceptors (Lipinski definition) is 2. The summed E-state index contributed by atoms with van der Waals surface area (Å²) >= 11 is 8.65. The first kappa shape index (κ1) is 17.1. The monoisotopic (exact) mass is 396 g/mol. The molecule has 2 aromatic rings. The molecule has 0 unspecified atom stereocenters. The summed E-state index contributed by atoms with van der Waals surface area (Å²) in [6.45, 7) is 0. The van der Waals surface area contributed by atoms with Gasteiger partial charge >= 0.3 is 0 Å². The van der Waals surface area contributed by atoms with Gasteiger partial charge in [0.2, 0.25) is 0 Å². The Hall–Kier alpha value is -2.23. The summed E-state index contributed by atoms with van der Waals surface area (Å²) in [6, 6.07) is 9.50. The maximum absolute atomic E-state index is 13.2. The fourth-order valence-corrected chi connectivity index (χ4v) is 2.27. The molecule has 0 aliphatic heterocycles. The predicted octanol–water partition coefficient (Wildman–Crippen LogP) is 4.93. The zero-order valence-corrected chi connectivity index (χ0v) is 13.8. The zero-order chi connectivity index (χ0) is 17.0. The van der Waals surface area contributed by atoms with Crippen molar-refractivity contribution in [3.63, 3.8) is 0 Å². The second kappa shape index (κ2) is 7.36. The highest BCUT2D eigenvalue weighted by Crippen LogP contribution is 2.21. The van der Waals surface area contributed by atoms with Gasteiger partial charge in [0.1, 0.15) is 23.3 Å². The summed E-state index contributed by atoms with van der Waals surface area (Å²) in [7, 11) is 0. The Morgan fingerprint density at radius 3 is 2.52 bits per heavy atom. The standard InChI is InChI=1S/C16H8BrClF2N2O/c17-12-6-9(1-3-14(12)19)5-10(8-21)16(23)22-11-2-4-15(20)13(18)7-11/h1-7H,(H,22,23)/b10-5+. The van der Waals surface area contributed by atoms with Crippen molar-refractivity contribution in [3.05, 3.63) is 68.7 Å². The Labute approximate surface area is 144 Å². The van der Waals surface area contributed by atoms with Crippen LogP contribution in [0.2, 0.25) is 5.02 Å². The molecule has 0 saturated carbocycles. The molecule has 2 rings (SSSR count). The van der Waals surface area contributed by atoms with E-state index in [-0.39, 0.29) is 20.8 Å². The number of hydrogen-bond donors (Lipinski definition) is 1. The van der Waals surface area contributed by atoms with Crippen LogP contribution < -0.4 is 5.32 Å². The Bertz CT molecular complexity index is 846. The molecule has 116 valence electrons. The van der Waals surface area contributed by atoms with Crippen LogP contribution in [0.25, 0.3) is 6.08 Å². The Morgan fingerprint density at radius 1 is 1.22 bits per heavy atom. The number of carbonyl (C=O) groups excluding carboxylic acids is 1. The minimum atomic E-state index is -0.685. The molecule has 0 aromatic heterocycles. The lowest BCUT2D eigenvalue weighted by atomic mass is 10.1. The molecule has 7 heteroatoms. The number of nitrogens with zero attached hydrogens (tertiary/aromatic N) is 1. The van der Waals surface area contributed by atoms with Crippen LogP contribution in [0.1, 0.15) is 5.56 Å². The van der Waals surface area contributed by atoms with E-state index in [1.165, 1.54) is 36.4 Å². The van der Waals surface area contributed by atoms with Crippen molar-refractivity contribution in [2.75, 3.05) is 5.32 Å². The van der Waals surface area contributed by atoms with E-state index in [9.17, 15) is 13.6 Å². The van der Waals surface area contributed by atoms with Crippen LogP contribution in [-0.4, -0.2) is 5.91 Å². The van der Waals surface area contributed by atoms with Gasteiger partial charge in [-0.15, -0.1) is 0 Å². The third-order valence-corrected chi connectivity index (χ3v) is 3.69. The topological polar surface area (TPSA) is 52.9 Å². The van der Waals surface area contributed by atoms with Crippen LogP contribution in [0, 0.1) is 23.0 Å². The molecule has 0 aliphatic rings. The molecule has 0 heterocycles. The molecule has 1 amide bonds. The van der Waals surface area contributed by atoms with Crippen LogP contribution in [0.3, 0.4) is 0 Å². The number of halogens is 4. The zero-order valence-electron chi connectivity index (χ0n) is 11.4. The molecule has 1 N–H and O–H groups in total. The van der Waals surface area contributed by atoms with Crippen LogP contribution in [0.4, 0.5) is 14.5 Å². The lowest BCUT2D eigenvalue weighted by Crippen LogP contribution is -2.13. The highest BCUT2D eigenvalue weighted by atomic mass is 79.9. The van der Waals surface area contributed by atoms with Crippen molar-refractivity contribution in [2.45, 2.75) is 0 Å². The van der Waals surface area contributed by atoms with E-state index < -0.39 is 17.5 Å². The van der Waals surface area contributed by atoms with Crippen molar-refractivity contribution in [2.24, 2.45) is 0 Å². The van der Waals surface area contributed by atoms with Gasteiger partial charge in [-0.1, -0.05) is 17.7 Å². The smallest absolute Gasteiger partial charge is 0.266 e. The first-order valence-electron chi connectivity index (χ1n) is 6.24. The van der Waals surface area contributed by atoms with Crippen molar-refractivity contribution in [3.8, 4) is 6.07 Å². The first-order chi connectivity index (χ1) is 10.9. The van der Waals surface area contributed by atoms with Crippen LogP contribution >= 0.6 is 27.5 Å². The number of nitriles is 1.